The molecule has 1 N–H and O–H groups in total. The quantitative estimate of drug-likeness (QED) is 0.687. The zero-order valence-corrected chi connectivity index (χ0v) is 7.02. The molecule has 1 aromatic heterocycles. The summed E-state index contributed by atoms with van der Waals surface area (Å²) in [5.41, 5.74) is 1.79. The Labute approximate surface area is 70.9 Å². The molecule has 0 spiro atoms. The van der Waals surface area contributed by atoms with E-state index in [1.54, 1.807) is 12.3 Å². The highest BCUT2D eigenvalue weighted by Gasteiger charge is 2.01. The average Bonchev–Trinajstić information content (AvgIpc) is 2.04. The van der Waals surface area contributed by atoms with Crippen LogP contribution in [-0.4, -0.2) is 12.0 Å². The molecule has 0 aliphatic heterocycles. The van der Waals surface area contributed by atoms with Gasteiger partial charge in [0.05, 0.1) is 0 Å². The maximum absolute atomic E-state index is 5.79. The smallest absolute Gasteiger partial charge is 0.138 e. The first-order valence-corrected chi connectivity index (χ1v) is 3.62. The molecular weight excluding hydrogens is 160 g/mol. The van der Waals surface area contributed by atoms with E-state index >= 15 is 0 Å². The highest BCUT2D eigenvalue weighted by atomic mass is 35.5. The van der Waals surface area contributed by atoms with E-state index in [0.29, 0.717) is 5.15 Å². The van der Waals surface area contributed by atoms with E-state index < -0.39 is 0 Å². The van der Waals surface area contributed by atoms with Crippen LogP contribution in [0.4, 0.5) is 5.69 Å². The van der Waals surface area contributed by atoms with Gasteiger partial charge < -0.3 is 5.32 Å². The van der Waals surface area contributed by atoms with Crippen molar-refractivity contribution in [3.05, 3.63) is 29.6 Å². The van der Waals surface area contributed by atoms with Gasteiger partial charge in [0.2, 0.25) is 0 Å². The molecule has 0 aliphatic rings. The monoisotopic (exact) mass is 168 g/mol. The summed E-state index contributed by atoms with van der Waals surface area (Å²) in [6, 6.07) is 1.85. The number of hydrogen-bond donors (Lipinski definition) is 1. The van der Waals surface area contributed by atoms with Crippen LogP contribution in [0.2, 0.25) is 5.15 Å². The number of anilines is 1. The number of nitrogens with one attached hydrogen (secondary N) is 1. The van der Waals surface area contributed by atoms with E-state index in [1.165, 1.54) is 0 Å². The SMILES string of the molecule is C=Cc1c(NC)ccnc1Cl. The van der Waals surface area contributed by atoms with Crippen molar-refractivity contribution in [2.75, 3.05) is 12.4 Å². The van der Waals surface area contributed by atoms with E-state index in [4.69, 9.17) is 11.6 Å². The van der Waals surface area contributed by atoms with Crippen molar-refractivity contribution < 1.29 is 0 Å². The molecule has 0 unspecified atom stereocenters. The Kier molecular flexibility index (Phi) is 2.49. The number of aromatic nitrogens is 1. The Morgan fingerprint density at radius 3 is 2.91 bits per heavy atom. The van der Waals surface area contributed by atoms with Gasteiger partial charge in [-0.25, -0.2) is 4.98 Å². The van der Waals surface area contributed by atoms with Crippen molar-refractivity contribution in [1.82, 2.24) is 4.98 Å². The first kappa shape index (κ1) is 8.08. The molecule has 0 aliphatic carbocycles. The maximum Gasteiger partial charge on any atom is 0.138 e. The van der Waals surface area contributed by atoms with Gasteiger partial charge in [-0.2, -0.15) is 0 Å². The van der Waals surface area contributed by atoms with Gasteiger partial charge in [-0.1, -0.05) is 24.3 Å². The third kappa shape index (κ3) is 1.52. The van der Waals surface area contributed by atoms with Gasteiger partial charge >= 0.3 is 0 Å². The molecule has 0 saturated heterocycles. The Bertz CT molecular complexity index is 271. The zero-order chi connectivity index (χ0) is 8.27. The van der Waals surface area contributed by atoms with E-state index in [9.17, 15) is 0 Å². The van der Waals surface area contributed by atoms with E-state index in [-0.39, 0.29) is 0 Å². The van der Waals surface area contributed by atoms with Crippen molar-refractivity contribution in [3.63, 3.8) is 0 Å². The summed E-state index contributed by atoms with van der Waals surface area (Å²) in [7, 11) is 1.83. The lowest BCUT2D eigenvalue weighted by Gasteiger charge is -2.04. The van der Waals surface area contributed by atoms with Crippen molar-refractivity contribution in [2.45, 2.75) is 0 Å². The summed E-state index contributed by atoms with van der Waals surface area (Å²) < 4.78 is 0. The minimum Gasteiger partial charge on any atom is -0.388 e. The Morgan fingerprint density at radius 2 is 2.45 bits per heavy atom. The molecular formula is C8H9ClN2. The first-order valence-electron chi connectivity index (χ1n) is 3.24. The second-order valence-corrected chi connectivity index (χ2v) is 2.38. The molecule has 0 fully saturated rings. The summed E-state index contributed by atoms with van der Waals surface area (Å²) in [4.78, 5) is 3.91. The third-order valence-electron chi connectivity index (χ3n) is 1.41. The fraction of sp³-hybridized carbons (Fsp3) is 0.125. The predicted molar refractivity (Wildman–Crippen MR) is 48.9 cm³/mol. The lowest BCUT2D eigenvalue weighted by molar-refractivity contribution is 1.30. The Hall–Kier alpha value is -1.02. The van der Waals surface area contributed by atoms with Crippen molar-refractivity contribution in [2.24, 2.45) is 0 Å². The normalized spacial score (nSPS) is 9.27. The summed E-state index contributed by atoms with van der Waals surface area (Å²) >= 11 is 5.79. The largest absolute Gasteiger partial charge is 0.388 e. The summed E-state index contributed by atoms with van der Waals surface area (Å²) in [5.74, 6) is 0. The topological polar surface area (TPSA) is 24.9 Å². The molecule has 2 nitrogen and oxygen atoms in total. The maximum atomic E-state index is 5.79. The number of rotatable bonds is 2. The van der Waals surface area contributed by atoms with Crippen molar-refractivity contribution >= 4 is 23.4 Å². The van der Waals surface area contributed by atoms with Gasteiger partial charge in [0.15, 0.2) is 0 Å². The van der Waals surface area contributed by atoms with Crippen LogP contribution in [0.25, 0.3) is 6.08 Å². The molecule has 11 heavy (non-hydrogen) atoms. The van der Waals surface area contributed by atoms with Gasteiger partial charge in [-0.15, -0.1) is 0 Å². The third-order valence-corrected chi connectivity index (χ3v) is 1.72. The molecule has 1 aromatic rings. The lowest BCUT2D eigenvalue weighted by Crippen LogP contribution is -1.92. The van der Waals surface area contributed by atoms with Crippen LogP contribution in [0.3, 0.4) is 0 Å². The van der Waals surface area contributed by atoms with Crippen LogP contribution in [-0.2, 0) is 0 Å². The zero-order valence-electron chi connectivity index (χ0n) is 6.26. The molecule has 0 aromatic carbocycles. The van der Waals surface area contributed by atoms with E-state index in [0.717, 1.165) is 11.3 Å². The van der Waals surface area contributed by atoms with Crippen molar-refractivity contribution in [1.29, 1.82) is 0 Å². The molecule has 0 atom stereocenters. The Morgan fingerprint density at radius 1 is 1.73 bits per heavy atom. The average molecular weight is 169 g/mol. The number of hydrogen-bond acceptors (Lipinski definition) is 2. The fourth-order valence-electron chi connectivity index (χ4n) is 0.860. The highest BCUT2D eigenvalue weighted by molar-refractivity contribution is 6.31. The van der Waals surface area contributed by atoms with Gasteiger partial charge in [-0.3, -0.25) is 0 Å². The molecule has 1 rings (SSSR count). The summed E-state index contributed by atoms with van der Waals surface area (Å²) in [6.07, 6.45) is 3.34. The van der Waals surface area contributed by atoms with Crippen LogP contribution in [0.5, 0.6) is 0 Å². The second-order valence-electron chi connectivity index (χ2n) is 2.02. The van der Waals surface area contributed by atoms with Gasteiger partial charge in [0, 0.05) is 24.5 Å². The molecule has 1 heterocycles. The van der Waals surface area contributed by atoms with E-state index in [2.05, 4.69) is 16.9 Å². The number of pyridine rings is 1. The second kappa shape index (κ2) is 3.39. The minimum atomic E-state index is 0.479. The minimum absolute atomic E-state index is 0.479. The van der Waals surface area contributed by atoms with Gasteiger partial charge in [0.1, 0.15) is 5.15 Å². The van der Waals surface area contributed by atoms with Crippen LogP contribution in [0.1, 0.15) is 5.56 Å². The summed E-state index contributed by atoms with van der Waals surface area (Å²) in [6.45, 7) is 3.64. The highest BCUT2D eigenvalue weighted by Crippen LogP contribution is 2.22. The molecule has 58 valence electrons. The molecule has 0 bridgehead atoms. The lowest BCUT2D eigenvalue weighted by atomic mass is 10.2. The molecule has 0 radical (unpaired) electrons. The predicted octanol–water partition coefficient (Wildman–Crippen LogP) is 2.42. The molecule has 0 amide bonds. The van der Waals surface area contributed by atoms with Gasteiger partial charge in [0.25, 0.3) is 0 Å². The fourth-order valence-corrected chi connectivity index (χ4v) is 1.10. The molecule has 0 saturated carbocycles. The van der Waals surface area contributed by atoms with Gasteiger partial charge in [-0.05, 0) is 6.07 Å². The van der Waals surface area contributed by atoms with Crippen molar-refractivity contribution in [3.8, 4) is 0 Å². The first-order chi connectivity index (χ1) is 5.29. The number of nitrogens with zero attached hydrogens (tertiary/aromatic N) is 1. The molecule has 3 heteroatoms. The Balaban J connectivity index is 3.24. The van der Waals surface area contributed by atoms with Crippen LogP contribution >= 0.6 is 11.6 Å². The summed E-state index contributed by atoms with van der Waals surface area (Å²) in [5, 5.41) is 3.47. The van der Waals surface area contributed by atoms with Crippen LogP contribution < -0.4 is 5.32 Å². The standard InChI is InChI=1S/C8H9ClN2/c1-3-6-7(10-2)4-5-11-8(6)9/h3-5H,1H2,2H3,(H,10,11). The van der Waals surface area contributed by atoms with Crippen LogP contribution in [0.15, 0.2) is 18.8 Å². The van der Waals surface area contributed by atoms with Crippen LogP contribution in [0, 0.1) is 0 Å². The number of halogens is 1. The van der Waals surface area contributed by atoms with E-state index in [1.807, 2.05) is 13.1 Å².